The Balaban J connectivity index is 1.55. The average Bonchev–Trinajstić information content (AvgIpc) is 3.39. The maximum atomic E-state index is 13.6. The van der Waals surface area contributed by atoms with E-state index in [1.165, 1.54) is 17.4 Å². The fraction of sp³-hybridized carbons (Fsp3) is 0.100. The SMILES string of the molecule is Cc1noc2nc(-c3cccs3)cc(C(=O)OCC(=O)Nc3cc(F)ccc3F)c12. The molecule has 30 heavy (non-hydrogen) atoms. The molecule has 0 bridgehead atoms. The summed E-state index contributed by atoms with van der Waals surface area (Å²) in [6, 6.07) is 7.83. The topological polar surface area (TPSA) is 94.3 Å². The van der Waals surface area contributed by atoms with Crippen LogP contribution in [0.3, 0.4) is 0 Å². The summed E-state index contributed by atoms with van der Waals surface area (Å²) < 4.78 is 37.1. The predicted octanol–water partition coefficient (Wildman–Crippen LogP) is 4.33. The van der Waals surface area contributed by atoms with Crippen molar-refractivity contribution in [2.45, 2.75) is 6.92 Å². The van der Waals surface area contributed by atoms with E-state index in [0.29, 0.717) is 16.8 Å². The summed E-state index contributed by atoms with van der Waals surface area (Å²) in [7, 11) is 0. The fourth-order valence-electron chi connectivity index (χ4n) is 2.79. The second-order valence-electron chi connectivity index (χ2n) is 6.23. The van der Waals surface area contributed by atoms with Crippen LogP contribution in [0.1, 0.15) is 16.1 Å². The normalized spacial score (nSPS) is 10.9. The van der Waals surface area contributed by atoms with E-state index in [1.807, 2.05) is 17.5 Å². The Hall–Kier alpha value is -3.66. The van der Waals surface area contributed by atoms with Crippen molar-refractivity contribution >= 4 is 40.0 Å². The van der Waals surface area contributed by atoms with Gasteiger partial charge in [0.05, 0.1) is 32.9 Å². The van der Waals surface area contributed by atoms with Gasteiger partial charge in [-0.25, -0.2) is 18.6 Å². The molecular formula is C20H13F2N3O4S. The first-order valence-electron chi connectivity index (χ1n) is 8.65. The standard InChI is InChI=1S/C20H13F2N3O4S/c1-10-18-12(8-15(16-3-2-6-30-16)24-19(18)29-25-10)20(27)28-9-17(26)23-14-7-11(21)4-5-13(14)22/h2-8H,9H2,1H3,(H,23,26). The minimum atomic E-state index is -0.821. The number of nitrogens with one attached hydrogen (secondary N) is 1. The zero-order chi connectivity index (χ0) is 21.3. The van der Waals surface area contributed by atoms with Crippen molar-refractivity contribution in [1.82, 2.24) is 10.1 Å². The molecule has 0 fully saturated rings. The second-order valence-corrected chi connectivity index (χ2v) is 7.18. The maximum Gasteiger partial charge on any atom is 0.339 e. The van der Waals surface area contributed by atoms with Gasteiger partial charge in [0.2, 0.25) is 0 Å². The molecule has 1 amide bonds. The number of ether oxygens (including phenoxy) is 1. The van der Waals surface area contributed by atoms with Gasteiger partial charge < -0.3 is 14.6 Å². The number of fused-ring (bicyclic) bond motifs is 1. The number of carbonyl (C=O) groups excluding carboxylic acids is 2. The molecule has 0 unspecified atom stereocenters. The molecule has 3 aromatic heterocycles. The number of halogens is 2. The van der Waals surface area contributed by atoms with E-state index in [0.717, 1.165) is 23.1 Å². The summed E-state index contributed by atoms with van der Waals surface area (Å²) in [6.07, 6.45) is 0. The summed E-state index contributed by atoms with van der Waals surface area (Å²) in [5.41, 5.74) is 0.876. The quantitative estimate of drug-likeness (QED) is 0.475. The van der Waals surface area contributed by atoms with Gasteiger partial charge in [-0.1, -0.05) is 11.2 Å². The van der Waals surface area contributed by atoms with Gasteiger partial charge >= 0.3 is 5.97 Å². The van der Waals surface area contributed by atoms with E-state index in [-0.39, 0.29) is 17.0 Å². The van der Waals surface area contributed by atoms with Crippen molar-refractivity contribution in [3.63, 3.8) is 0 Å². The van der Waals surface area contributed by atoms with Gasteiger partial charge in [0.15, 0.2) is 6.61 Å². The molecule has 0 radical (unpaired) electrons. The number of nitrogens with zero attached hydrogens (tertiary/aromatic N) is 2. The van der Waals surface area contributed by atoms with Crippen LogP contribution in [-0.2, 0) is 9.53 Å². The molecule has 1 aromatic carbocycles. The van der Waals surface area contributed by atoms with Crippen molar-refractivity contribution in [2.75, 3.05) is 11.9 Å². The smallest absolute Gasteiger partial charge is 0.339 e. The van der Waals surface area contributed by atoms with Crippen LogP contribution in [0.2, 0.25) is 0 Å². The monoisotopic (exact) mass is 429 g/mol. The van der Waals surface area contributed by atoms with Crippen molar-refractivity contribution in [3.8, 4) is 10.6 Å². The minimum absolute atomic E-state index is 0.131. The van der Waals surface area contributed by atoms with Crippen molar-refractivity contribution in [1.29, 1.82) is 0 Å². The Morgan fingerprint density at radius 2 is 2.07 bits per heavy atom. The summed E-state index contributed by atoms with van der Waals surface area (Å²) in [5, 5.41) is 8.23. The van der Waals surface area contributed by atoms with Gasteiger partial charge in [-0.15, -0.1) is 11.3 Å². The molecule has 0 aliphatic heterocycles. The number of benzene rings is 1. The number of anilines is 1. The van der Waals surface area contributed by atoms with Crippen LogP contribution in [0.15, 0.2) is 46.3 Å². The van der Waals surface area contributed by atoms with Crippen LogP contribution in [0, 0.1) is 18.6 Å². The fourth-order valence-corrected chi connectivity index (χ4v) is 3.48. The lowest BCUT2D eigenvalue weighted by molar-refractivity contribution is -0.119. The summed E-state index contributed by atoms with van der Waals surface area (Å²) >= 11 is 1.43. The molecule has 4 rings (SSSR count). The predicted molar refractivity (Wildman–Crippen MR) is 105 cm³/mol. The van der Waals surface area contributed by atoms with Crippen LogP contribution in [-0.4, -0.2) is 28.6 Å². The number of esters is 1. The first-order valence-corrected chi connectivity index (χ1v) is 9.53. The molecular weight excluding hydrogens is 416 g/mol. The highest BCUT2D eigenvalue weighted by Gasteiger charge is 2.21. The van der Waals surface area contributed by atoms with Crippen molar-refractivity contribution in [3.05, 3.63) is 64.7 Å². The number of pyridine rings is 1. The summed E-state index contributed by atoms with van der Waals surface area (Å²) in [5.74, 6) is -3.15. The number of hydrogen-bond donors (Lipinski definition) is 1. The largest absolute Gasteiger partial charge is 0.452 e. The average molecular weight is 429 g/mol. The molecule has 0 spiro atoms. The number of carbonyl (C=O) groups is 2. The third-order valence-electron chi connectivity index (χ3n) is 4.15. The number of amides is 1. The number of aromatic nitrogens is 2. The third-order valence-corrected chi connectivity index (χ3v) is 5.04. The molecule has 0 aliphatic carbocycles. The molecule has 4 aromatic rings. The second kappa shape index (κ2) is 7.99. The zero-order valence-corrected chi connectivity index (χ0v) is 16.3. The van der Waals surface area contributed by atoms with E-state index in [9.17, 15) is 18.4 Å². The highest BCUT2D eigenvalue weighted by atomic mass is 32.1. The number of rotatable bonds is 5. The van der Waals surface area contributed by atoms with Crippen LogP contribution in [0.25, 0.3) is 21.7 Å². The molecule has 10 heteroatoms. The number of hydrogen-bond acceptors (Lipinski definition) is 7. The Morgan fingerprint density at radius 3 is 2.83 bits per heavy atom. The van der Waals surface area contributed by atoms with E-state index in [4.69, 9.17) is 9.26 Å². The lowest BCUT2D eigenvalue weighted by Crippen LogP contribution is -2.21. The molecule has 3 heterocycles. The minimum Gasteiger partial charge on any atom is -0.452 e. The molecule has 152 valence electrons. The van der Waals surface area contributed by atoms with Gasteiger partial charge in [0.1, 0.15) is 11.6 Å². The van der Waals surface area contributed by atoms with E-state index in [2.05, 4.69) is 15.5 Å². The molecule has 0 saturated heterocycles. The maximum absolute atomic E-state index is 13.6. The van der Waals surface area contributed by atoms with Crippen LogP contribution < -0.4 is 5.32 Å². The molecule has 1 N–H and O–H groups in total. The van der Waals surface area contributed by atoms with E-state index >= 15 is 0 Å². The summed E-state index contributed by atoms with van der Waals surface area (Å²) in [6.45, 7) is 0.950. The van der Waals surface area contributed by atoms with E-state index < -0.39 is 30.1 Å². The van der Waals surface area contributed by atoms with Crippen molar-refractivity contribution in [2.24, 2.45) is 0 Å². The van der Waals surface area contributed by atoms with Crippen LogP contribution >= 0.6 is 11.3 Å². The number of thiophene rings is 1. The molecule has 0 aliphatic rings. The first-order chi connectivity index (χ1) is 14.4. The highest BCUT2D eigenvalue weighted by molar-refractivity contribution is 7.13. The van der Waals surface area contributed by atoms with Crippen LogP contribution in [0.5, 0.6) is 0 Å². The van der Waals surface area contributed by atoms with Gasteiger partial charge in [-0.3, -0.25) is 4.79 Å². The van der Waals surface area contributed by atoms with Crippen molar-refractivity contribution < 1.29 is 27.6 Å². The van der Waals surface area contributed by atoms with Gasteiger partial charge in [-0.05, 0) is 36.6 Å². The lowest BCUT2D eigenvalue weighted by Gasteiger charge is -2.09. The Labute approximate surface area is 172 Å². The lowest BCUT2D eigenvalue weighted by atomic mass is 10.1. The van der Waals surface area contributed by atoms with E-state index in [1.54, 1.807) is 6.92 Å². The highest BCUT2D eigenvalue weighted by Crippen LogP contribution is 2.29. The number of aryl methyl sites for hydroxylation is 1. The Morgan fingerprint density at radius 1 is 1.23 bits per heavy atom. The Kier molecular flexibility index (Phi) is 5.23. The molecule has 0 saturated carbocycles. The van der Waals surface area contributed by atoms with Gasteiger partial charge in [-0.2, -0.15) is 0 Å². The first kappa shape index (κ1) is 19.6. The van der Waals surface area contributed by atoms with Gasteiger partial charge in [0.25, 0.3) is 11.6 Å². The third kappa shape index (κ3) is 3.90. The molecule has 7 nitrogen and oxygen atoms in total. The van der Waals surface area contributed by atoms with Crippen LogP contribution in [0.4, 0.5) is 14.5 Å². The summed E-state index contributed by atoms with van der Waals surface area (Å²) in [4.78, 5) is 29.9. The van der Waals surface area contributed by atoms with Gasteiger partial charge in [0, 0.05) is 6.07 Å². The molecule has 0 atom stereocenters. The Bertz CT molecular complexity index is 1250. The zero-order valence-electron chi connectivity index (χ0n) is 15.4.